The highest BCUT2D eigenvalue weighted by Gasteiger charge is 2.49. The zero-order valence-corrected chi connectivity index (χ0v) is 24.5. The van der Waals surface area contributed by atoms with E-state index in [9.17, 15) is 18.7 Å². The molecule has 3 fully saturated rings. The Morgan fingerprint density at radius 3 is 2.75 bits per heavy atom. The molecule has 4 aromatic rings. The van der Waals surface area contributed by atoms with Crippen molar-refractivity contribution in [1.29, 1.82) is 0 Å². The molecule has 8 nitrogen and oxygen atoms in total. The van der Waals surface area contributed by atoms with Crippen LogP contribution in [0.4, 0.5) is 19.0 Å². The highest BCUT2D eigenvalue weighted by molar-refractivity contribution is 6.01. The second-order valence-corrected chi connectivity index (χ2v) is 12.3. The van der Waals surface area contributed by atoms with Crippen LogP contribution in [0.15, 0.2) is 30.5 Å². The molecule has 0 radical (unpaired) electrons. The van der Waals surface area contributed by atoms with E-state index in [1.807, 2.05) is 11.8 Å². The fraction of sp³-hybridized carbons (Fsp3) is 0.455. The fourth-order valence-corrected chi connectivity index (χ4v) is 7.44. The van der Waals surface area contributed by atoms with Gasteiger partial charge in [0.05, 0.1) is 10.9 Å². The molecule has 3 aliphatic rings. The number of piperidine rings is 1. The molecule has 0 aliphatic carbocycles. The summed E-state index contributed by atoms with van der Waals surface area (Å²) in [6, 6.07) is 5.78. The lowest BCUT2D eigenvalue weighted by Gasteiger charge is -2.32. The number of anilines is 1. The van der Waals surface area contributed by atoms with E-state index in [0.717, 1.165) is 25.7 Å². The molecule has 44 heavy (non-hydrogen) atoms. The second-order valence-electron chi connectivity index (χ2n) is 12.3. The quantitative estimate of drug-likeness (QED) is 0.266. The number of carbonyl (C=O) groups excluding carboxylic acids is 1. The summed E-state index contributed by atoms with van der Waals surface area (Å²) in [6.45, 7) is 4.26. The van der Waals surface area contributed by atoms with Gasteiger partial charge in [0.2, 0.25) is 0 Å². The van der Waals surface area contributed by atoms with Crippen LogP contribution in [-0.2, 0) is 11.2 Å². The normalized spacial score (nSPS) is 22.6. The Kier molecular flexibility index (Phi) is 7.31. The lowest BCUT2D eigenvalue weighted by molar-refractivity contribution is -0.111. The van der Waals surface area contributed by atoms with Crippen LogP contribution in [0.3, 0.4) is 0 Å². The van der Waals surface area contributed by atoms with Crippen LogP contribution in [0.1, 0.15) is 44.6 Å². The number of aromatic nitrogens is 3. The first-order valence-electron chi connectivity index (χ1n) is 15.3. The third-order valence-electron chi connectivity index (χ3n) is 9.67. The monoisotopic (exact) mass is 605 g/mol. The Morgan fingerprint density at radius 2 is 1.98 bits per heavy atom. The van der Waals surface area contributed by atoms with Crippen molar-refractivity contribution in [3.63, 3.8) is 0 Å². The van der Waals surface area contributed by atoms with Crippen LogP contribution in [0.25, 0.3) is 32.9 Å². The van der Waals surface area contributed by atoms with E-state index in [4.69, 9.17) is 9.72 Å². The largest absolute Gasteiger partial charge is 0.508 e. The van der Waals surface area contributed by atoms with Gasteiger partial charge in [0.15, 0.2) is 5.82 Å². The molecule has 11 heteroatoms. The minimum Gasteiger partial charge on any atom is -0.508 e. The molecule has 5 heterocycles. The minimum atomic E-state index is -0.924. The van der Waals surface area contributed by atoms with Crippen molar-refractivity contribution in [1.82, 2.24) is 19.9 Å². The van der Waals surface area contributed by atoms with Gasteiger partial charge in [-0.15, -0.1) is 0 Å². The average molecular weight is 606 g/mol. The number of hydrogen-bond acceptors (Lipinski definition) is 8. The molecule has 0 bridgehead atoms. The molecule has 2 aromatic carbocycles. The van der Waals surface area contributed by atoms with Gasteiger partial charge in [-0.2, -0.15) is 9.97 Å². The van der Waals surface area contributed by atoms with Crippen LogP contribution in [-0.4, -0.2) is 75.7 Å². The first-order chi connectivity index (χ1) is 21.3. The number of aldehydes is 1. The van der Waals surface area contributed by atoms with Crippen LogP contribution in [0.5, 0.6) is 11.8 Å². The van der Waals surface area contributed by atoms with Crippen LogP contribution in [0, 0.1) is 17.6 Å². The number of aromatic hydroxyl groups is 1. The number of halogens is 3. The summed E-state index contributed by atoms with van der Waals surface area (Å²) in [5.74, 6) is -0.871. The number of ether oxygens (including phenoxy) is 1. The van der Waals surface area contributed by atoms with Gasteiger partial charge < -0.3 is 19.5 Å². The number of phenolic OH excluding ortho intramolecular Hbond substituents is 1. The number of nitrogens with zero attached hydrogens (tertiary/aromatic N) is 5. The van der Waals surface area contributed by atoms with Gasteiger partial charge in [-0.05, 0) is 73.2 Å². The third kappa shape index (κ3) is 4.81. The zero-order chi connectivity index (χ0) is 30.6. The van der Waals surface area contributed by atoms with Gasteiger partial charge in [0, 0.05) is 43.7 Å². The highest BCUT2D eigenvalue weighted by Crippen LogP contribution is 2.42. The van der Waals surface area contributed by atoms with Crippen LogP contribution >= 0.6 is 0 Å². The molecule has 230 valence electrons. The van der Waals surface area contributed by atoms with Gasteiger partial charge >= 0.3 is 6.01 Å². The molecular weight excluding hydrogens is 571 g/mol. The molecule has 0 saturated carbocycles. The zero-order valence-electron chi connectivity index (χ0n) is 24.5. The van der Waals surface area contributed by atoms with Crippen LogP contribution in [0.2, 0.25) is 0 Å². The Bertz CT molecular complexity index is 1760. The topological polar surface area (TPSA) is 91.7 Å². The molecule has 0 amide bonds. The smallest absolute Gasteiger partial charge is 0.319 e. The Hall–Kier alpha value is -3.99. The molecule has 3 saturated heterocycles. The number of rotatable bonds is 7. The Balaban J connectivity index is 1.36. The van der Waals surface area contributed by atoms with Crippen molar-refractivity contribution in [3.05, 3.63) is 47.7 Å². The second kappa shape index (κ2) is 11.2. The number of fused-ring (bicyclic) bond motifs is 3. The molecule has 2 aromatic heterocycles. The summed E-state index contributed by atoms with van der Waals surface area (Å²) >= 11 is 0. The van der Waals surface area contributed by atoms with Crippen molar-refractivity contribution in [3.8, 4) is 23.0 Å². The average Bonchev–Trinajstić information content (AvgIpc) is 3.55. The predicted octanol–water partition coefficient (Wildman–Crippen LogP) is 5.76. The van der Waals surface area contributed by atoms with E-state index < -0.39 is 23.3 Å². The molecule has 2 atom stereocenters. The van der Waals surface area contributed by atoms with E-state index in [1.54, 1.807) is 6.07 Å². The maximum Gasteiger partial charge on any atom is 0.319 e. The van der Waals surface area contributed by atoms with Crippen molar-refractivity contribution >= 4 is 33.8 Å². The maximum absolute atomic E-state index is 16.7. The Labute approximate surface area is 252 Å². The lowest BCUT2D eigenvalue weighted by Crippen LogP contribution is -2.43. The van der Waals surface area contributed by atoms with Gasteiger partial charge in [0.1, 0.15) is 47.7 Å². The number of phenols is 1. The summed E-state index contributed by atoms with van der Waals surface area (Å²) in [4.78, 5) is 29.2. The summed E-state index contributed by atoms with van der Waals surface area (Å²) in [7, 11) is 0. The standard InChI is InChI=1S/C33H34F3N5O3/c1-2-23-26(35)5-4-20-12-22(43)13-24(27(20)23)29-28(36)30-25(15-37-29)31(40-10-6-19(17-42)7-11-40)39-32(38-30)44-18-33-8-3-9-41(33)16-21(34)14-33/h4-5,12-13,15,17,19,21,43H,2-3,6-11,14,16,18H2,1H3/t21-,33+/m1/s1. The van der Waals surface area contributed by atoms with E-state index in [0.29, 0.717) is 72.9 Å². The SMILES string of the molecule is CCc1c(F)ccc2cc(O)cc(-c3ncc4c(N5CCC(C=O)CC5)nc(OC[C@@]56CCCN5C[C@H](F)C6)nc4c3F)c12. The summed E-state index contributed by atoms with van der Waals surface area (Å²) < 4.78 is 52.2. The van der Waals surface area contributed by atoms with E-state index in [1.165, 1.54) is 24.4 Å². The molecule has 0 spiro atoms. The van der Waals surface area contributed by atoms with Gasteiger partial charge in [-0.1, -0.05) is 13.0 Å². The molecule has 0 unspecified atom stereocenters. The predicted molar refractivity (Wildman–Crippen MR) is 161 cm³/mol. The van der Waals surface area contributed by atoms with Crippen molar-refractivity contribution in [2.75, 3.05) is 37.7 Å². The minimum absolute atomic E-state index is 0.0194. The van der Waals surface area contributed by atoms with Crippen LogP contribution < -0.4 is 9.64 Å². The highest BCUT2D eigenvalue weighted by atomic mass is 19.1. The van der Waals surface area contributed by atoms with Crippen molar-refractivity contribution in [2.24, 2.45) is 5.92 Å². The van der Waals surface area contributed by atoms with Gasteiger partial charge in [-0.3, -0.25) is 9.88 Å². The fourth-order valence-electron chi connectivity index (χ4n) is 7.44. The number of pyridine rings is 1. The molecule has 3 aliphatic heterocycles. The molecule has 7 rings (SSSR count). The number of aryl methyl sites for hydroxylation is 1. The van der Waals surface area contributed by atoms with E-state index in [-0.39, 0.29) is 41.1 Å². The third-order valence-corrected chi connectivity index (χ3v) is 9.67. The maximum atomic E-state index is 16.7. The number of benzene rings is 2. The number of carbonyl (C=O) groups is 1. The molecule has 1 N–H and O–H groups in total. The molecular formula is C33H34F3N5O3. The van der Waals surface area contributed by atoms with E-state index >= 15 is 4.39 Å². The van der Waals surface area contributed by atoms with E-state index in [2.05, 4.69) is 14.9 Å². The number of alkyl halides is 1. The Morgan fingerprint density at radius 1 is 1.16 bits per heavy atom. The summed E-state index contributed by atoms with van der Waals surface area (Å²) in [5.41, 5.74) is 0.112. The number of hydrogen-bond donors (Lipinski definition) is 1. The first kappa shape index (κ1) is 28.8. The lowest BCUT2D eigenvalue weighted by atomic mass is 9.94. The van der Waals surface area contributed by atoms with Gasteiger partial charge in [-0.25, -0.2) is 13.2 Å². The van der Waals surface area contributed by atoms with Gasteiger partial charge in [0.25, 0.3) is 0 Å². The summed E-state index contributed by atoms with van der Waals surface area (Å²) in [5, 5.41) is 11.9. The van der Waals surface area contributed by atoms with Crippen molar-refractivity contribution < 1.29 is 27.8 Å². The van der Waals surface area contributed by atoms with Crippen molar-refractivity contribution in [2.45, 2.75) is 57.2 Å². The summed E-state index contributed by atoms with van der Waals surface area (Å²) in [6.07, 6.45) is 5.30. The first-order valence-corrected chi connectivity index (χ1v) is 15.3.